The Morgan fingerprint density at radius 3 is 1.62 bits per heavy atom. The number of aryl methyl sites for hydroxylation is 2. The lowest BCUT2D eigenvalue weighted by Gasteiger charge is -2.28. The first-order valence-corrected chi connectivity index (χ1v) is 17.4. The Balaban J connectivity index is 1.66. The van der Waals surface area contributed by atoms with Crippen LogP contribution in [-0.4, -0.2) is 8.07 Å². The Kier molecular flexibility index (Phi) is 8.36. The van der Waals surface area contributed by atoms with Crippen LogP contribution in [0.4, 0.5) is 0 Å². The SMILES string of the molecule is CCCCCCc1c2ccccc2c(C#C[Si](c2ccccc2)(c2ccccc2)c2ccccc2)c2ccc(C)cc12. The third-order valence-corrected chi connectivity index (χ3v) is 12.7. The molecule has 0 unspecified atom stereocenters. The largest absolute Gasteiger partial charge is 0.230 e. The minimum absolute atomic E-state index is 1.10. The third kappa shape index (κ3) is 5.31. The highest BCUT2D eigenvalue weighted by Crippen LogP contribution is 2.34. The zero-order valence-electron chi connectivity index (χ0n) is 24.7. The summed E-state index contributed by atoms with van der Waals surface area (Å²) >= 11 is 0. The summed E-state index contributed by atoms with van der Waals surface area (Å²) in [5.41, 5.74) is 7.99. The van der Waals surface area contributed by atoms with Crippen LogP contribution in [-0.2, 0) is 6.42 Å². The lowest BCUT2D eigenvalue weighted by Crippen LogP contribution is -2.66. The van der Waals surface area contributed by atoms with Crippen LogP contribution in [0.5, 0.6) is 0 Å². The molecule has 0 saturated heterocycles. The van der Waals surface area contributed by atoms with Gasteiger partial charge in [0, 0.05) is 5.56 Å². The molecule has 42 heavy (non-hydrogen) atoms. The lowest BCUT2D eigenvalue weighted by atomic mass is 9.89. The molecule has 0 aromatic heterocycles. The molecule has 0 radical (unpaired) electrons. The van der Waals surface area contributed by atoms with Crippen LogP contribution in [0.15, 0.2) is 133 Å². The van der Waals surface area contributed by atoms with Gasteiger partial charge in [-0.15, -0.1) is 5.54 Å². The Hall–Kier alpha value is -4.38. The van der Waals surface area contributed by atoms with Crippen molar-refractivity contribution in [1.82, 2.24) is 0 Å². The normalized spacial score (nSPS) is 11.4. The molecule has 0 atom stereocenters. The quantitative estimate of drug-likeness (QED) is 0.0578. The molecule has 0 aliphatic carbocycles. The van der Waals surface area contributed by atoms with Crippen LogP contribution in [0.1, 0.15) is 49.3 Å². The zero-order valence-corrected chi connectivity index (χ0v) is 25.7. The lowest BCUT2D eigenvalue weighted by molar-refractivity contribution is 0.669. The molecule has 0 saturated carbocycles. The Morgan fingerprint density at radius 1 is 0.524 bits per heavy atom. The van der Waals surface area contributed by atoms with E-state index in [0.29, 0.717) is 0 Å². The van der Waals surface area contributed by atoms with Gasteiger partial charge in [-0.05, 0) is 62.4 Å². The molecule has 6 aromatic carbocycles. The van der Waals surface area contributed by atoms with Crippen molar-refractivity contribution >= 4 is 45.2 Å². The zero-order chi connectivity index (χ0) is 28.8. The predicted molar refractivity (Wildman–Crippen MR) is 185 cm³/mol. The number of unbranched alkanes of at least 4 members (excludes halogenated alkanes) is 3. The van der Waals surface area contributed by atoms with E-state index in [0.717, 1.165) is 12.0 Å². The highest BCUT2D eigenvalue weighted by molar-refractivity contribution is 7.16. The van der Waals surface area contributed by atoms with E-state index in [4.69, 9.17) is 0 Å². The van der Waals surface area contributed by atoms with Crippen molar-refractivity contribution < 1.29 is 0 Å². The molecule has 0 amide bonds. The second-order valence-corrected chi connectivity index (χ2v) is 14.8. The highest BCUT2D eigenvalue weighted by atomic mass is 28.3. The van der Waals surface area contributed by atoms with E-state index in [1.165, 1.54) is 73.9 Å². The summed E-state index contributed by atoms with van der Waals surface area (Å²) in [5, 5.41) is 9.19. The van der Waals surface area contributed by atoms with Gasteiger partial charge < -0.3 is 0 Å². The van der Waals surface area contributed by atoms with Gasteiger partial charge in [0.15, 0.2) is 0 Å². The number of benzene rings is 6. The fourth-order valence-electron chi connectivity index (χ4n) is 6.45. The third-order valence-electron chi connectivity index (χ3n) is 8.57. The average Bonchev–Trinajstić information content (AvgIpc) is 3.05. The van der Waals surface area contributed by atoms with Gasteiger partial charge >= 0.3 is 0 Å². The molecule has 0 nitrogen and oxygen atoms in total. The maximum absolute atomic E-state index is 4.07. The predicted octanol–water partition coefficient (Wildman–Crippen LogP) is 8.49. The Labute approximate surface area is 252 Å². The number of hydrogen-bond acceptors (Lipinski definition) is 0. The Bertz CT molecular complexity index is 1760. The summed E-state index contributed by atoms with van der Waals surface area (Å²) in [4.78, 5) is 0. The fraction of sp³-hybridized carbons (Fsp3) is 0.171. The van der Waals surface area contributed by atoms with Crippen molar-refractivity contribution in [3.05, 3.63) is 150 Å². The van der Waals surface area contributed by atoms with Gasteiger partial charge in [-0.3, -0.25) is 0 Å². The molecule has 0 aliphatic heterocycles. The van der Waals surface area contributed by atoms with Crippen molar-refractivity contribution in [2.45, 2.75) is 46.0 Å². The molecule has 6 aromatic rings. The molecule has 1 heteroatoms. The minimum atomic E-state index is -2.70. The summed E-state index contributed by atoms with van der Waals surface area (Å²) in [6, 6.07) is 48.8. The summed E-state index contributed by atoms with van der Waals surface area (Å²) in [6.07, 6.45) is 6.15. The topological polar surface area (TPSA) is 0 Å². The van der Waals surface area contributed by atoms with Gasteiger partial charge in [0.05, 0.1) is 0 Å². The molecular weight excluding hydrogens is 521 g/mol. The molecule has 0 N–H and O–H groups in total. The van der Waals surface area contributed by atoms with Crippen molar-refractivity contribution in [2.24, 2.45) is 0 Å². The molecular formula is C41H38Si. The maximum atomic E-state index is 4.07. The van der Waals surface area contributed by atoms with Gasteiger partial charge in [-0.1, -0.05) is 171 Å². The van der Waals surface area contributed by atoms with Gasteiger partial charge in [-0.25, -0.2) is 0 Å². The first-order valence-electron chi connectivity index (χ1n) is 15.4. The van der Waals surface area contributed by atoms with Crippen LogP contribution in [0.3, 0.4) is 0 Å². The van der Waals surface area contributed by atoms with Crippen molar-refractivity contribution in [3.63, 3.8) is 0 Å². The first-order chi connectivity index (χ1) is 20.7. The van der Waals surface area contributed by atoms with Crippen molar-refractivity contribution in [2.75, 3.05) is 0 Å². The van der Waals surface area contributed by atoms with Crippen molar-refractivity contribution in [1.29, 1.82) is 0 Å². The summed E-state index contributed by atoms with van der Waals surface area (Å²) in [7, 11) is -2.70. The standard InChI is InChI=1S/C41H38Si/c1-3-4-5-15-24-38-36-25-16-17-26-37(36)40(39-28-27-32(2)31-41(38)39)29-30-42(33-18-9-6-10-19-33,34-20-11-7-12-21-34)35-22-13-8-14-23-35/h6-14,16-23,25-28,31H,3-5,15,24H2,1-2H3. The molecule has 0 spiro atoms. The van der Waals surface area contributed by atoms with E-state index >= 15 is 0 Å². The monoisotopic (exact) mass is 558 g/mol. The van der Waals surface area contributed by atoms with E-state index in [2.05, 4.69) is 159 Å². The van der Waals surface area contributed by atoms with Gasteiger partial charge in [0.1, 0.15) is 0 Å². The van der Waals surface area contributed by atoms with Gasteiger partial charge in [-0.2, -0.15) is 0 Å². The van der Waals surface area contributed by atoms with Crippen LogP contribution >= 0.6 is 0 Å². The number of rotatable bonds is 8. The van der Waals surface area contributed by atoms with E-state index in [1.54, 1.807) is 0 Å². The molecule has 0 fully saturated rings. The highest BCUT2D eigenvalue weighted by Gasteiger charge is 2.38. The Morgan fingerprint density at radius 2 is 1.05 bits per heavy atom. The number of fused-ring (bicyclic) bond motifs is 2. The summed E-state index contributed by atoms with van der Waals surface area (Å²) in [5.74, 6) is 3.90. The van der Waals surface area contributed by atoms with Crippen LogP contribution < -0.4 is 15.6 Å². The fourth-order valence-corrected chi connectivity index (χ4v) is 10.3. The van der Waals surface area contributed by atoms with Gasteiger partial charge in [0.2, 0.25) is 8.07 Å². The second-order valence-electron chi connectivity index (χ2n) is 11.4. The van der Waals surface area contributed by atoms with E-state index in [1.807, 2.05) is 0 Å². The second kappa shape index (κ2) is 12.6. The molecule has 6 rings (SSSR count). The molecule has 0 aliphatic rings. The van der Waals surface area contributed by atoms with Crippen molar-refractivity contribution in [3.8, 4) is 11.5 Å². The molecule has 0 bridgehead atoms. The van der Waals surface area contributed by atoms with Gasteiger partial charge in [0.25, 0.3) is 0 Å². The van der Waals surface area contributed by atoms with E-state index < -0.39 is 8.07 Å². The van der Waals surface area contributed by atoms with Crippen LogP contribution in [0.25, 0.3) is 21.5 Å². The molecule has 0 heterocycles. The van der Waals surface area contributed by atoms with Crippen LogP contribution in [0.2, 0.25) is 0 Å². The summed E-state index contributed by atoms with van der Waals surface area (Å²) < 4.78 is 0. The van der Waals surface area contributed by atoms with Crippen LogP contribution in [0, 0.1) is 18.4 Å². The van der Waals surface area contributed by atoms with E-state index in [9.17, 15) is 0 Å². The maximum Gasteiger partial charge on any atom is 0.230 e. The molecule has 206 valence electrons. The minimum Gasteiger partial charge on any atom is -0.109 e. The number of hydrogen-bond donors (Lipinski definition) is 0. The average molecular weight is 559 g/mol. The summed E-state index contributed by atoms with van der Waals surface area (Å²) in [6.45, 7) is 4.49. The smallest absolute Gasteiger partial charge is 0.109 e. The van der Waals surface area contributed by atoms with E-state index in [-0.39, 0.29) is 0 Å². The first kappa shape index (κ1) is 27.8.